The second-order valence-electron chi connectivity index (χ2n) is 5.01. The minimum atomic E-state index is 0.0732. The minimum Gasteiger partial charge on any atom is -0.338 e. The van der Waals surface area contributed by atoms with E-state index >= 15 is 0 Å². The number of carbonyl (C=O) groups excluding carboxylic acids is 1. The summed E-state index contributed by atoms with van der Waals surface area (Å²) in [7, 11) is 0. The molecule has 19 heavy (non-hydrogen) atoms. The number of carbonyl (C=O) groups is 1. The van der Waals surface area contributed by atoms with Crippen molar-refractivity contribution in [2.24, 2.45) is 5.92 Å². The average molecular weight is 259 g/mol. The minimum absolute atomic E-state index is 0.0732. The molecule has 0 bridgehead atoms. The van der Waals surface area contributed by atoms with Crippen LogP contribution in [0.2, 0.25) is 0 Å². The molecule has 0 aromatic carbocycles. The molecule has 1 aliphatic rings. The van der Waals surface area contributed by atoms with Crippen molar-refractivity contribution in [2.45, 2.75) is 19.4 Å². The molecule has 0 spiro atoms. The molecule has 6 heteroatoms. The normalized spacial score (nSPS) is 19.6. The van der Waals surface area contributed by atoms with Crippen molar-refractivity contribution >= 4 is 5.91 Å². The molecule has 1 N–H and O–H groups in total. The van der Waals surface area contributed by atoms with Gasteiger partial charge in [0.2, 0.25) is 0 Å². The third kappa shape index (κ3) is 2.67. The van der Waals surface area contributed by atoms with Crippen LogP contribution in [0.5, 0.6) is 0 Å². The van der Waals surface area contributed by atoms with E-state index in [2.05, 4.69) is 19.7 Å². The number of H-pyrrole nitrogens is 1. The Labute approximate surface area is 111 Å². The van der Waals surface area contributed by atoms with Crippen molar-refractivity contribution in [3.05, 3.63) is 36.7 Å². The summed E-state index contributed by atoms with van der Waals surface area (Å²) in [5.41, 5.74) is 0.642. The first-order valence-electron chi connectivity index (χ1n) is 6.57. The number of likely N-dealkylation sites (tertiary alicyclic amines) is 1. The molecular formula is C13H17N5O. The average Bonchev–Trinajstić information content (AvgIpc) is 3.11. The van der Waals surface area contributed by atoms with E-state index in [1.54, 1.807) is 18.6 Å². The number of piperidine rings is 1. The van der Waals surface area contributed by atoms with Gasteiger partial charge in [0.15, 0.2) is 0 Å². The maximum Gasteiger partial charge on any atom is 0.257 e. The Bertz CT molecular complexity index is 519. The predicted octanol–water partition coefficient (Wildman–Crippen LogP) is 1.16. The predicted molar refractivity (Wildman–Crippen MR) is 69.4 cm³/mol. The number of nitrogens with zero attached hydrogens (tertiary/aromatic N) is 4. The number of nitrogens with one attached hydrogen (secondary N) is 1. The fourth-order valence-electron chi connectivity index (χ4n) is 2.64. The fraction of sp³-hybridized carbons (Fsp3) is 0.462. The van der Waals surface area contributed by atoms with Gasteiger partial charge in [0.25, 0.3) is 5.91 Å². The van der Waals surface area contributed by atoms with Gasteiger partial charge in [0.05, 0.1) is 18.1 Å². The second kappa shape index (κ2) is 5.26. The summed E-state index contributed by atoms with van der Waals surface area (Å²) < 4.78 is 2.08. The lowest BCUT2D eigenvalue weighted by Crippen LogP contribution is -2.40. The lowest BCUT2D eigenvalue weighted by Gasteiger charge is -2.32. The maximum atomic E-state index is 12.3. The molecule has 1 saturated heterocycles. The summed E-state index contributed by atoms with van der Waals surface area (Å²) in [6.45, 7) is 2.57. The van der Waals surface area contributed by atoms with E-state index in [-0.39, 0.29) is 5.91 Å². The first kappa shape index (κ1) is 12.0. The SMILES string of the molecule is O=C(c1cn[nH]c1)N1CCC[C@@H](Cn2ccnc2)C1. The first-order valence-corrected chi connectivity index (χ1v) is 6.57. The standard InChI is InChI=1S/C13H17N5O/c19-13(12-6-15-16-7-12)18-4-1-2-11(9-18)8-17-5-3-14-10-17/h3,5-7,10-11H,1-2,4,8-9H2,(H,15,16)/t11-/m0/s1. The molecule has 0 unspecified atom stereocenters. The Morgan fingerprint density at radius 2 is 2.47 bits per heavy atom. The van der Waals surface area contributed by atoms with Crippen LogP contribution < -0.4 is 0 Å². The zero-order valence-electron chi connectivity index (χ0n) is 10.7. The van der Waals surface area contributed by atoms with Crippen LogP contribution in [-0.4, -0.2) is 43.6 Å². The number of rotatable bonds is 3. The quantitative estimate of drug-likeness (QED) is 0.899. The molecule has 1 fully saturated rings. The zero-order chi connectivity index (χ0) is 13.1. The van der Waals surface area contributed by atoms with Crippen LogP contribution in [0.15, 0.2) is 31.1 Å². The van der Waals surface area contributed by atoms with Crippen LogP contribution in [0.1, 0.15) is 23.2 Å². The Morgan fingerprint density at radius 1 is 1.53 bits per heavy atom. The highest BCUT2D eigenvalue weighted by molar-refractivity contribution is 5.93. The van der Waals surface area contributed by atoms with Crippen LogP contribution in [-0.2, 0) is 6.54 Å². The largest absolute Gasteiger partial charge is 0.338 e. The van der Waals surface area contributed by atoms with Gasteiger partial charge in [-0.15, -0.1) is 0 Å². The van der Waals surface area contributed by atoms with Gasteiger partial charge in [0, 0.05) is 38.2 Å². The Hall–Kier alpha value is -2.11. The topological polar surface area (TPSA) is 66.8 Å². The van der Waals surface area contributed by atoms with Crippen molar-refractivity contribution in [1.82, 2.24) is 24.6 Å². The molecule has 3 heterocycles. The van der Waals surface area contributed by atoms with E-state index in [1.807, 2.05) is 17.4 Å². The number of hydrogen-bond donors (Lipinski definition) is 1. The number of hydrogen-bond acceptors (Lipinski definition) is 3. The summed E-state index contributed by atoms with van der Waals surface area (Å²) in [5.74, 6) is 0.572. The van der Waals surface area contributed by atoms with Crippen LogP contribution in [0.4, 0.5) is 0 Å². The Balaban J connectivity index is 1.63. The second-order valence-corrected chi connectivity index (χ2v) is 5.01. The lowest BCUT2D eigenvalue weighted by atomic mass is 9.97. The summed E-state index contributed by atoms with van der Waals surface area (Å²) in [4.78, 5) is 18.2. The van der Waals surface area contributed by atoms with Gasteiger partial charge in [-0.1, -0.05) is 0 Å². The molecule has 3 rings (SSSR count). The highest BCUT2D eigenvalue weighted by atomic mass is 16.2. The van der Waals surface area contributed by atoms with Crippen molar-refractivity contribution < 1.29 is 4.79 Å². The molecule has 6 nitrogen and oxygen atoms in total. The summed E-state index contributed by atoms with van der Waals surface area (Å²) >= 11 is 0. The smallest absolute Gasteiger partial charge is 0.257 e. The third-order valence-corrected chi connectivity index (χ3v) is 3.58. The molecule has 100 valence electrons. The van der Waals surface area contributed by atoms with Gasteiger partial charge in [-0.2, -0.15) is 5.10 Å². The molecule has 0 aliphatic carbocycles. The number of aromatic nitrogens is 4. The van der Waals surface area contributed by atoms with E-state index in [0.29, 0.717) is 11.5 Å². The van der Waals surface area contributed by atoms with E-state index in [0.717, 1.165) is 32.5 Å². The highest BCUT2D eigenvalue weighted by Gasteiger charge is 2.25. The summed E-state index contributed by atoms with van der Waals surface area (Å²) in [6.07, 6.45) is 11.0. The molecule has 1 atom stereocenters. The van der Waals surface area contributed by atoms with Crippen LogP contribution in [0.25, 0.3) is 0 Å². The monoisotopic (exact) mass is 259 g/mol. The number of imidazole rings is 1. The Kier molecular flexibility index (Phi) is 3.31. The van der Waals surface area contributed by atoms with Crippen molar-refractivity contribution in [3.63, 3.8) is 0 Å². The molecular weight excluding hydrogens is 242 g/mol. The first-order chi connectivity index (χ1) is 9.33. The number of amides is 1. The van der Waals surface area contributed by atoms with E-state index < -0.39 is 0 Å². The third-order valence-electron chi connectivity index (χ3n) is 3.58. The van der Waals surface area contributed by atoms with Crippen LogP contribution in [0.3, 0.4) is 0 Å². The number of aromatic amines is 1. The van der Waals surface area contributed by atoms with Gasteiger partial charge in [-0.3, -0.25) is 9.89 Å². The van der Waals surface area contributed by atoms with Crippen molar-refractivity contribution in [1.29, 1.82) is 0 Å². The van der Waals surface area contributed by atoms with Gasteiger partial charge in [-0.05, 0) is 18.8 Å². The van der Waals surface area contributed by atoms with E-state index in [4.69, 9.17) is 0 Å². The van der Waals surface area contributed by atoms with Crippen LogP contribution >= 0.6 is 0 Å². The van der Waals surface area contributed by atoms with Gasteiger partial charge in [0.1, 0.15) is 0 Å². The molecule has 0 saturated carbocycles. The lowest BCUT2D eigenvalue weighted by molar-refractivity contribution is 0.0662. The van der Waals surface area contributed by atoms with Gasteiger partial charge < -0.3 is 9.47 Å². The maximum absolute atomic E-state index is 12.3. The summed E-state index contributed by atoms with van der Waals surface area (Å²) in [6, 6.07) is 0. The Morgan fingerprint density at radius 3 is 3.21 bits per heavy atom. The molecule has 0 radical (unpaired) electrons. The zero-order valence-corrected chi connectivity index (χ0v) is 10.7. The van der Waals surface area contributed by atoms with E-state index in [9.17, 15) is 4.79 Å². The molecule has 1 amide bonds. The van der Waals surface area contributed by atoms with Crippen molar-refractivity contribution in [2.75, 3.05) is 13.1 Å². The molecule has 1 aliphatic heterocycles. The van der Waals surface area contributed by atoms with E-state index in [1.165, 1.54) is 0 Å². The summed E-state index contributed by atoms with van der Waals surface area (Å²) in [5, 5.41) is 6.52. The molecule has 2 aromatic rings. The van der Waals surface area contributed by atoms with Crippen molar-refractivity contribution in [3.8, 4) is 0 Å². The fourth-order valence-corrected chi connectivity index (χ4v) is 2.64. The highest BCUT2D eigenvalue weighted by Crippen LogP contribution is 2.19. The van der Waals surface area contributed by atoms with Gasteiger partial charge >= 0.3 is 0 Å². The van der Waals surface area contributed by atoms with Gasteiger partial charge in [-0.25, -0.2) is 4.98 Å². The molecule has 2 aromatic heterocycles. The van der Waals surface area contributed by atoms with Crippen LogP contribution in [0, 0.1) is 5.92 Å².